The van der Waals surface area contributed by atoms with Crippen LogP contribution in [0.15, 0.2) is 61.2 Å². The second-order valence-electron chi connectivity index (χ2n) is 6.43. The zero-order chi connectivity index (χ0) is 21.3. The van der Waals surface area contributed by atoms with Crippen LogP contribution in [0.3, 0.4) is 0 Å². The van der Waals surface area contributed by atoms with Crippen molar-refractivity contribution in [1.82, 2.24) is 14.5 Å². The van der Waals surface area contributed by atoms with Gasteiger partial charge in [-0.3, -0.25) is 19.5 Å². The zero-order valence-electron chi connectivity index (χ0n) is 15.4. The summed E-state index contributed by atoms with van der Waals surface area (Å²) >= 11 is 12.5. The molecule has 0 atom stereocenters. The van der Waals surface area contributed by atoms with E-state index in [1.54, 1.807) is 48.8 Å². The van der Waals surface area contributed by atoms with Gasteiger partial charge in [-0.2, -0.15) is 0 Å². The van der Waals surface area contributed by atoms with Crippen LogP contribution in [0.4, 0.5) is 11.4 Å². The molecule has 4 rings (SSSR count). The number of benzene rings is 1. The topological polar surface area (TPSA) is 88.3 Å². The summed E-state index contributed by atoms with van der Waals surface area (Å²) in [5, 5.41) is 10.4. The maximum Gasteiger partial charge on any atom is 0.295 e. The van der Waals surface area contributed by atoms with Gasteiger partial charge in [0.2, 0.25) is 6.29 Å². The van der Waals surface area contributed by atoms with E-state index in [4.69, 9.17) is 23.2 Å². The van der Waals surface area contributed by atoms with E-state index in [1.807, 2.05) is 4.57 Å². The number of fused-ring (bicyclic) bond motifs is 1. The minimum Gasteiger partial charge on any atom is -0.508 e. The molecule has 1 aromatic carbocycles. The molecule has 1 amide bonds. The average Bonchev–Trinajstić information content (AvgIpc) is 3.10. The molecular weight excluding hydrogens is 427 g/mol. The largest absolute Gasteiger partial charge is 0.508 e. The molecule has 9 heteroatoms. The Balaban J connectivity index is 1.91. The summed E-state index contributed by atoms with van der Waals surface area (Å²) in [6.45, 7) is 0.425. The zero-order valence-corrected chi connectivity index (χ0v) is 16.9. The number of carbonyl (C=O) groups is 2. The number of carbonyl (C=O) groups excluding carboxylic acids is 2. The average molecular weight is 441 g/mol. The number of rotatable bonds is 5. The van der Waals surface area contributed by atoms with Gasteiger partial charge in [0.1, 0.15) is 11.4 Å². The van der Waals surface area contributed by atoms with Crippen LogP contribution >= 0.6 is 23.2 Å². The number of anilines is 2. The first kappa shape index (κ1) is 19.9. The van der Waals surface area contributed by atoms with Gasteiger partial charge in [-0.25, -0.2) is 4.98 Å². The molecule has 0 aliphatic rings. The fraction of sp³-hybridized carbons (Fsp3) is 0.0476. The molecule has 150 valence electrons. The molecule has 0 aliphatic heterocycles. The number of aldehydes is 1. The molecule has 30 heavy (non-hydrogen) atoms. The monoisotopic (exact) mass is 440 g/mol. The quantitative estimate of drug-likeness (QED) is 0.367. The van der Waals surface area contributed by atoms with Crippen molar-refractivity contribution in [1.29, 1.82) is 0 Å². The highest BCUT2D eigenvalue weighted by Gasteiger charge is 2.26. The summed E-state index contributed by atoms with van der Waals surface area (Å²) in [4.78, 5) is 33.6. The fourth-order valence-electron chi connectivity index (χ4n) is 3.22. The fourth-order valence-corrected chi connectivity index (χ4v) is 3.75. The SMILES string of the molecule is O=CC(=O)N(c1c(Cl)cncc1Cl)c1cn(Cc2ccc(O)cc2)c2ncccc12. The summed E-state index contributed by atoms with van der Waals surface area (Å²) in [6, 6.07) is 10.3. The molecule has 3 aromatic heterocycles. The van der Waals surface area contributed by atoms with Gasteiger partial charge in [0, 0.05) is 36.7 Å². The van der Waals surface area contributed by atoms with Gasteiger partial charge < -0.3 is 9.67 Å². The highest BCUT2D eigenvalue weighted by molar-refractivity contribution is 6.43. The van der Waals surface area contributed by atoms with Crippen molar-refractivity contribution in [3.8, 4) is 5.75 Å². The molecule has 1 N–H and O–H groups in total. The molecule has 0 bridgehead atoms. The number of phenols is 1. The Labute approximate surface area is 181 Å². The van der Waals surface area contributed by atoms with Crippen molar-refractivity contribution >= 4 is 57.8 Å². The summed E-state index contributed by atoms with van der Waals surface area (Å²) in [5.74, 6) is -0.669. The van der Waals surface area contributed by atoms with Gasteiger partial charge in [-0.05, 0) is 29.8 Å². The van der Waals surface area contributed by atoms with E-state index < -0.39 is 5.91 Å². The molecular formula is C21H14Cl2N4O3. The number of pyridine rings is 2. The standard InChI is InChI=1S/C21H14Cl2N4O3/c22-16-8-24-9-17(23)20(16)27(19(30)12-28)18-11-26(21-15(18)2-1-7-25-21)10-13-3-5-14(29)6-4-13/h1-9,11-12,29H,10H2. The first-order valence-corrected chi connectivity index (χ1v) is 9.55. The maximum atomic E-state index is 12.6. The Morgan fingerprint density at radius 1 is 1.13 bits per heavy atom. The van der Waals surface area contributed by atoms with Crippen LogP contribution in [0.5, 0.6) is 5.75 Å². The normalized spacial score (nSPS) is 10.9. The lowest BCUT2D eigenvalue weighted by Gasteiger charge is -2.21. The third kappa shape index (κ3) is 3.60. The van der Waals surface area contributed by atoms with E-state index in [0.717, 1.165) is 10.5 Å². The molecule has 0 unspecified atom stereocenters. The summed E-state index contributed by atoms with van der Waals surface area (Å²) in [5.41, 5.74) is 2.09. The van der Waals surface area contributed by atoms with Gasteiger partial charge in [0.25, 0.3) is 5.91 Å². The lowest BCUT2D eigenvalue weighted by Crippen LogP contribution is -2.27. The van der Waals surface area contributed by atoms with Crippen LogP contribution in [0.1, 0.15) is 5.56 Å². The van der Waals surface area contributed by atoms with E-state index in [2.05, 4.69) is 9.97 Å². The summed E-state index contributed by atoms with van der Waals surface area (Å²) < 4.78 is 1.84. The second kappa shape index (κ2) is 8.14. The van der Waals surface area contributed by atoms with Crippen molar-refractivity contribution in [2.75, 3.05) is 4.90 Å². The Kier molecular flexibility index (Phi) is 5.39. The molecule has 0 fully saturated rings. The van der Waals surface area contributed by atoms with Crippen LogP contribution in [0, 0.1) is 0 Å². The van der Waals surface area contributed by atoms with Crippen molar-refractivity contribution < 1.29 is 14.7 Å². The number of amides is 1. The molecule has 0 spiro atoms. The first-order chi connectivity index (χ1) is 14.5. The van der Waals surface area contributed by atoms with Crippen molar-refractivity contribution in [2.45, 2.75) is 6.54 Å². The predicted octanol–water partition coefficient (Wildman–Crippen LogP) is 4.36. The van der Waals surface area contributed by atoms with Gasteiger partial charge >= 0.3 is 0 Å². The molecule has 0 saturated carbocycles. The van der Waals surface area contributed by atoms with Crippen LogP contribution in [-0.4, -0.2) is 31.8 Å². The number of hydrogen-bond acceptors (Lipinski definition) is 5. The molecule has 0 radical (unpaired) electrons. The van der Waals surface area contributed by atoms with E-state index in [9.17, 15) is 14.7 Å². The predicted molar refractivity (Wildman–Crippen MR) is 114 cm³/mol. The Bertz CT molecular complexity index is 1230. The van der Waals surface area contributed by atoms with E-state index in [0.29, 0.717) is 23.3 Å². The lowest BCUT2D eigenvalue weighted by atomic mass is 10.2. The smallest absolute Gasteiger partial charge is 0.295 e. The van der Waals surface area contributed by atoms with Gasteiger partial charge in [0.15, 0.2) is 0 Å². The van der Waals surface area contributed by atoms with Crippen LogP contribution < -0.4 is 4.90 Å². The van der Waals surface area contributed by atoms with Crippen molar-refractivity contribution in [3.05, 3.63) is 76.8 Å². The van der Waals surface area contributed by atoms with Crippen LogP contribution in [0.2, 0.25) is 10.0 Å². The van der Waals surface area contributed by atoms with E-state index in [-0.39, 0.29) is 27.8 Å². The van der Waals surface area contributed by atoms with Crippen molar-refractivity contribution in [3.63, 3.8) is 0 Å². The number of hydrogen-bond donors (Lipinski definition) is 1. The highest BCUT2D eigenvalue weighted by atomic mass is 35.5. The molecule has 4 aromatic rings. The third-order valence-corrected chi connectivity index (χ3v) is 5.07. The lowest BCUT2D eigenvalue weighted by molar-refractivity contribution is -0.129. The minimum atomic E-state index is -0.836. The summed E-state index contributed by atoms with van der Waals surface area (Å²) in [6.07, 6.45) is 6.24. The van der Waals surface area contributed by atoms with E-state index in [1.165, 1.54) is 12.4 Å². The molecule has 7 nitrogen and oxygen atoms in total. The van der Waals surface area contributed by atoms with Crippen molar-refractivity contribution in [2.24, 2.45) is 0 Å². The van der Waals surface area contributed by atoms with Gasteiger partial charge in [-0.1, -0.05) is 35.3 Å². The minimum absolute atomic E-state index is 0.126. The molecule has 3 heterocycles. The molecule has 0 saturated heterocycles. The Hall–Kier alpha value is -3.42. The summed E-state index contributed by atoms with van der Waals surface area (Å²) in [7, 11) is 0. The Morgan fingerprint density at radius 3 is 2.50 bits per heavy atom. The van der Waals surface area contributed by atoms with Gasteiger partial charge in [-0.15, -0.1) is 0 Å². The number of aromatic hydroxyl groups is 1. The second-order valence-corrected chi connectivity index (χ2v) is 7.24. The number of aromatic nitrogens is 3. The number of nitrogens with zero attached hydrogens (tertiary/aromatic N) is 4. The number of halogens is 2. The maximum absolute atomic E-state index is 12.6. The third-order valence-electron chi connectivity index (χ3n) is 4.52. The molecule has 0 aliphatic carbocycles. The van der Waals surface area contributed by atoms with E-state index >= 15 is 0 Å². The highest BCUT2D eigenvalue weighted by Crippen LogP contribution is 2.40. The first-order valence-electron chi connectivity index (χ1n) is 8.79. The Morgan fingerprint density at radius 2 is 1.83 bits per heavy atom. The van der Waals surface area contributed by atoms with Gasteiger partial charge in [0.05, 0.1) is 21.4 Å². The van der Waals surface area contributed by atoms with Crippen LogP contribution in [0.25, 0.3) is 11.0 Å². The van der Waals surface area contributed by atoms with Crippen LogP contribution in [-0.2, 0) is 16.1 Å². The number of phenolic OH excluding ortho intramolecular Hbond substituents is 1.